The quantitative estimate of drug-likeness (QED) is 0.735. The minimum Gasteiger partial charge on any atom is -0.480 e. The van der Waals surface area contributed by atoms with E-state index in [-0.39, 0.29) is 6.42 Å². The average molecular weight is 375 g/mol. The number of aliphatic carboxylic acids is 1. The molecule has 0 aliphatic carbocycles. The van der Waals surface area contributed by atoms with E-state index in [1.54, 1.807) is 37.9 Å². The summed E-state index contributed by atoms with van der Waals surface area (Å²) in [4.78, 5) is 27.4. The van der Waals surface area contributed by atoms with Gasteiger partial charge >= 0.3 is 12.1 Å². The lowest BCUT2D eigenvalue weighted by Crippen LogP contribution is -2.44. The van der Waals surface area contributed by atoms with Crippen LogP contribution in [0.25, 0.3) is 0 Å². The fraction of sp³-hybridized carbons (Fsp3) is 0.421. The van der Waals surface area contributed by atoms with E-state index in [1.807, 2.05) is 30.3 Å². The van der Waals surface area contributed by atoms with Crippen molar-refractivity contribution in [2.24, 2.45) is 0 Å². The van der Waals surface area contributed by atoms with Gasteiger partial charge in [-0.1, -0.05) is 30.3 Å². The SMILES string of the molecule is CC(C)(C)OC(=O)N[C@@H](Cc1cn(COCc2ccccc2)cn1)C(=O)O. The highest BCUT2D eigenvalue weighted by Crippen LogP contribution is 2.08. The van der Waals surface area contributed by atoms with Crippen molar-refractivity contribution in [1.82, 2.24) is 14.9 Å². The Labute approximate surface area is 158 Å². The molecule has 1 aromatic heterocycles. The van der Waals surface area contributed by atoms with E-state index >= 15 is 0 Å². The first-order valence-corrected chi connectivity index (χ1v) is 8.57. The van der Waals surface area contributed by atoms with Crippen molar-refractivity contribution in [2.45, 2.75) is 52.2 Å². The van der Waals surface area contributed by atoms with E-state index in [9.17, 15) is 14.7 Å². The zero-order valence-electron chi connectivity index (χ0n) is 15.7. The first-order valence-electron chi connectivity index (χ1n) is 8.57. The predicted octanol–water partition coefficient (Wildman–Crippen LogP) is 2.58. The van der Waals surface area contributed by atoms with Gasteiger partial charge in [-0.2, -0.15) is 0 Å². The monoisotopic (exact) mass is 375 g/mol. The highest BCUT2D eigenvalue weighted by molar-refractivity contribution is 5.80. The number of carbonyl (C=O) groups excluding carboxylic acids is 1. The van der Waals surface area contributed by atoms with Gasteiger partial charge in [0.25, 0.3) is 0 Å². The predicted molar refractivity (Wildman–Crippen MR) is 98.0 cm³/mol. The molecule has 27 heavy (non-hydrogen) atoms. The Bertz CT molecular complexity index is 752. The van der Waals surface area contributed by atoms with Crippen molar-refractivity contribution in [1.29, 1.82) is 0 Å². The van der Waals surface area contributed by atoms with E-state index in [0.29, 0.717) is 19.0 Å². The fourth-order valence-corrected chi connectivity index (χ4v) is 2.28. The smallest absolute Gasteiger partial charge is 0.408 e. The second-order valence-corrected chi connectivity index (χ2v) is 7.08. The molecular formula is C19H25N3O5. The lowest BCUT2D eigenvalue weighted by Gasteiger charge is -2.21. The fourth-order valence-electron chi connectivity index (χ4n) is 2.28. The molecule has 0 saturated carbocycles. The number of hydrogen-bond acceptors (Lipinski definition) is 5. The second-order valence-electron chi connectivity index (χ2n) is 7.08. The molecule has 0 unspecified atom stereocenters. The Hall–Kier alpha value is -2.87. The Morgan fingerprint density at radius 1 is 1.26 bits per heavy atom. The van der Waals surface area contributed by atoms with Gasteiger partial charge in [-0.3, -0.25) is 0 Å². The molecule has 2 aromatic rings. The van der Waals surface area contributed by atoms with Crippen LogP contribution < -0.4 is 5.32 Å². The molecule has 146 valence electrons. The van der Waals surface area contributed by atoms with Crippen LogP contribution in [0.3, 0.4) is 0 Å². The molecular weight excluding hydrogens is 350 g/mol. The number of imidazole rings is 1. The number of carbonyl (C=O) groups is 2. The number of nitrogens with one attached hydrogen (secondary N) is 1. The van der Waals surface area contributed by atoms with Crippen LogP contribution in [0.4, 0.5) is 4.79 Å². The van der Waals surface area contributed by atoms with Gasteiger partial charge in [0.05, 0.1) is 18.6 Å². The molecule has 0 radical (unpaired) electrons. The summed E-state index contributed by atoms with van der Waals surface area (Å²) in [6.07, 6.45) is 2.52. The third kappa shape index (κ3) is 7.49. The zero-order chi connectivity index (χ0) is 19.9. The molecule has 0 bridgehead atoms. The van der Waals surface area contributed by atoms with E-state index < -0.39 is 23.7 Å². The van der Waals surface area contributed by atoms with Crippen molar-refractivity contribution >= 4 is 12.1 Å². The van der Waals surface area contributed by atoms with Gasteiger partial charge in [-0.05, 0) is 26.3 Å². The van der Waals surface area contributed by atoms with Crippen molar-refractivity contribution in [3.8, 4) is 0 Å². The van der Waals surface area contributed by atoms with Gasteiger partial charge in [-0.15, -0.1) is 0 Å². The van der Waals surface area contributed by atoms with Crippen LogP contribution in [0.1, 0.15) is 32.0 Å². The Kier molecular flexibility index (Phi) is 6.95. The summed E-state index contributed by atoms with van der Waals surface area (Å²) >= 11 is 0. The number of carboxylic acids is 1. The van der Waals surface area contributed by atoms with E-state index in [2.05, 4.69) is 10.3 Å². The highest BCUT2D eigenvalue weighted by atomic mass is 16.6. The number of aromatic nitrogens is 2. The molecule has 2 N–H and O–H groups in total. The number of alkyl carbamates (subject to hydrolysis) is 1. The third-order valence-corrected chi connectivity index (χ3v) is 3.44. The van der Waals surface area contributed by atoms with E-state index in [1.165, 1.54) is 0 Å². The maximum absolute atomic E-state index is 11.8. The molecule has 2 rings (SSSR count). The molecule has 1 amide bonds. The number of ether oxygens (including phenoxy) is 2. The van der Waals surface area contributed by atoms with Crippen LogP contribution in [-0.4, -0.2) is 38.4 Å². The first-order chi connectivity index (χ1) is 12.7. The van der Waals surface area contributed by atoms with Crippen molar-refractivity contribution in [3.05, 3.63) is 54.1 Å². The van der Waals surface area contributed by atoms with Gasteiger partial charge in [0.1, 0.15) is 18.4 Å². The zero-order valence-corrected chi connectivity index (χ0v) is 15.7. The summed E-state index contributed by atoms with van der Waals surface area (Å²) in [5.41, 5.74) is 0.886. The van der Waals surface area contributed by atoms with Crippen LogP contribution in [0, 0.1) is 0 Å². The van der Waals surface area contributed by atoms with Gasteiger partial charge in [-0.25, -0.2) is 14.6 Å². The van der Waals surface area contributed by atoms with Crippen LogP contribution in [0.15, 0.2) is 42.9 Å². The van der Waals surface area contributed by atoms with Crippen molar-refractivity contribution < 1.29 is 24.2 Å². The summed E-state index contributed by atoms with van der Waals surface area (Å²) in [6.45, 7) is 5.88. The lowest BCUT2D eigenvalue weighted by atomic mass is 10.1. The van der Waals surface area contributed by atoms with E-state index in [4.69, 9.17) is 9.47 Å². The van der Waals surface area contributed by atoms with Crippen LogP contribution in [0.2, 0.25) is 0 Å². The molecule has 8 nitrogen and oxygen atoms in total. The maximum atomic E-state index is 11.8. The van der Waals surface area contributed by atoms with Gasteiger partial charge in [0.15, 0.2) is 0 Å². The number of amides is 1. The maximum Gasteiger partial charge on any atom is 0.408 e. The Morgan fingerprint density at radius 2 is 1.96 bits per heavy atom. The number of rotatable bonds is 8. The minimum absolute atomic E-state index is 0.0419. The number of nitrogens with zero attached hydrogens (tertiary/aromatic N) is 2. The molecule has 8 heteroatoms. The van der Waals surface area contributed by atoms with Gasteiger partial charge in [0, 0.05) is 12.6 Å². The topological polar surface area (TPSA) is 103 Å². The molecule has 0 saturated heterocycles. The van der Waals surface area contributed by atoms with Crippen molar-refractivity contribution in [2.75, 3.05) is 0 Å². The van der Waals surface area contributed by atoms with Crippen LogP contribution in [-0.2, 0) is 34.0 Å². The molecule has 1 aromatic carbocycles. The minimum atomic E-state index is -1.16. The van der Waals surface area contributed by atoms with E-state index in [0.717, 1.165) is 5.56 Å². The molecule has 1 heterocycles. The third-order valence-electron chi connectivity index (χ3n) is 3.44. The summed E-state index contributed by atoms with van der Waals surface area (Å²) in [5, 5.41) is 11.7. The molecule has 0 spiro atoms. The molecule has 0 aliphatic rings. The molecule has 1 atom stereocenters. The standard InChI is InChI=1S/C19H25N3O5/c1-19(2,3)27-18(25)21-16(17(23)24)9-15-10-22(12-20-15)13-26-11-14-7-5-4-6-8-14/h4-8,10,12,16H,9,11,13H2,1-3H3,(H,21,25)(H,23,24)/t16-/m0/s1. The summed E-state index contributed by atoms with van der Waals surface area (Å²) in [5.74, 6) is -1.16. The van der Waals surface area contributed by atoms with Crippen molar-refractivity contribution in [3.63, 3.8) is 0 Å². The first kappa shape index (κ1) is 20.4. The van der Waals surface area contributed by atoms with Gasteiger partial charge < -0.3 is 24.5 Å². The summed E-state index contributed by atoms with van der Waals surface area (Å²) in [6, 6.07) is 8.64. The van der Waals surface area contributed by atoms with Gasteiger partial charge in [0.2, 0.25) is 0 Å². The highest BCUT2D eigenvalue weighted by Gasteiger charge is 2.24. The summed E-state index contributed by atoms with van der Waals surface area (Å²) < 4.78 is 12.4. The Balaban J connectivity index is 1.86. The molecule has 0 aliphatic heterocycles. The number of benzene rings is 1. The normalized spacial score (nSPS) is 12.4. The number of carboxylic acid groups (broad SMARTS) is 1. The van der Waals surface area contributed by atoms with Crippen LogP contribution in [0.5, 0.6) is 0 Å². The van der Waals surface area contributed by atoms with Crippen LogP contribution >= 0.6 is 0 Å². The molecule has 0 fully saturated rings. The number of hydrogen-bond donors (Lipinski definition) is 2. The largest absolute Gasteiger partial charge is 0.480 e. The average Bonchev–Trinajstić information content (AvgIpc) is 3.01. The Morgan fingerprint density at radius 3 is 2.59 bits per heavy atom. The summed E-state index contributed by atoms with van der Waals surface area (Å²) in [7, 11) is 0. The second kappa shape index (κ2) is 9.18. The lowest BCUT2D eigenvalue weighted by molar-refractivity contribution is -0.139.